The van der Waals surface area contributed by atoms with Gasteiger partial charge in [0.1, 0.15) is 5.75 Å². The summed E-state index contributed by atoms with van der Waals surface area (Å²) in [7, 11) is 0. The lowest BCUT2D eigenvalue weighted by Gasteiger charge is -2.37. The van der Waals surface area contributed by atoms with Crippen LogP contribution in [-0.2, 0) is 0 Å². The first-order valence-corrected chi connectivity index (χ1v) is 7.35. The molecule has 1 unspecified atom stereocenters. The van der Waals surface area contributed by atoms with Crippen LogP contribution in [0.1, 0.15) is 44.2 Å². The number of hydrogen-bond acceptors (Lipinski definition) is 1. The highest BCUT2D eigenvalue weighted by Crippen LogP contribution is 2.48. The van der Waals surface area contributed by atoms with E-state index in [-0.39, 0.29) is 23.1 Å². The van der Waals surface area contributed by atoms with E-state index in [4.69, 9.17) is 27.9 Å². The van der Waals surface area contributed by atoms with Gasteiger partial charge in [0, 0.05) is 10.6 Å². The summed E-state index contributed by atoms with van der Waals surface area (Å²) in [6.07, 6.45) is -3.88. The fourth-order valence-electron chi connectivity index (χ4n) is 2.31. The zero-order valence-corrected chi connectivity index (χ0v) is 13.3. The molecule has 0 aliphatic carbocycles. The lowest BCUT2D eigenvalue weighted by Crippen LogP contribution is -2.49. The largest absolute Gasteiger partial charge is 0.473 e. The van der Waals surface area contributed by atoms with E-state index in [1.165, 1.54) is 6.92 Å². The van der Waals surface area contributed by atoms with Gasteiger partial charge >= 0.3 is 6.18 Å². The van der Waals surface area contributed by atoms with E-state index in [2.05, 4.69) is 0 Å². The van der Waals surface area contributed by atoms with Gasteiger partial charge in [-0.3, -0.25) is 0 Å². The predicted octanol–water partition coefficient (Wildman–Crippen LogP) is 6.15. The average molecular weight is 339 g/mol. The molecule has 6 heteroatoms. The molecule has 1 aliphatic heterocycles. The summed E-state index contributed by atoms with van der Waals surface area (Å²) in [5.41, 5.74) is -1.27. The molecule has 0 spiro atoms. The highest BCUT2D eigenvalue weighted by Gasteiger charge is 2.56. The molecule has 1 aromatic carbocycles. The molecular weight excluding hydrogens is 324 g/mol. The molecule has 0 amide bonds. The Kier molecular flexibility index (Phi) is 4.24. The summed E-state index contributed by atoms with van der Waals surface area (Å²) >= 11 is 12.2. The molecule has 0 radical (unpaired) electrons. The Balaban J connectivity index is 2.61. The third kappa shape index (κ3) is 2.76. The Bertz CT molecular complexity index is 593. The van der Waals surface area contributed by atoms with Crippen molar-refractivity contribution < 1.29 is 17.9 Å². The summed E-state index contributed by atoms with van der Waals surface area (Å²) in [6, 6.07) is 3.11. The highest BCUT2D eigenvalue weighted by molar-refractivity contribution is 6.49. The number of halogens is 5. The molecule has 0 saturated carbocycles. The van der Waals surface area contributed by atoms with Gasteiger partial charge in [-0.05, 0) is 36.1 Å². The highest BCUT2D eigenvalue weighted by atomic mass is 35.5. The Morgan fingerprint density at radius 2 is 1.86 bits per heavy atom. The van der Waals surface area contributed by atoms with Crippen molar-refractivity contribution in [2.45, 2.75) is 44.9 Å². The number of ether oxygens (including phenoxy) is 1. The second-order valence-electron chi connectivity index (χ2n) is 5.36. The molecule has 0 bridgehead atoms. The summed E-state index contributed by atoms with van der Waals surface area (Å²) < 4.78 is 45.3. The second-order valence-corrected chi connectivity index (χ2v) is 6.17. The number of alkyl halides is 3. The lowest BCUT2D eigenvalue weighted by molar-refractivity contribution is -0.230. The van der Waals surface area contributed by atoms with Gasteiger partial charge in [0.05, 0.1) is 5.03 Å². The first-order valence-electron chi connectivity index (χ1n) is 6.59. The molecule has 21 heavy (non-hydrogen) atoms. The molecule has 1 atom stereocenters. The Hall–Kier alpha value is -0.870. The summed E-state index contributed by atoms with van der Waals surface area (Å²) in [6.45, 7) is 5.23. The van der Waals surface area contributed by atoms with E-state index < -0.39 is 11.8 Å². The zero-order valence-electron chi connectivity index (χ0n) is 11.8. The van der Waals surface area contributed by atoms with Gasteiger partial charge in [0.15, 0.2) is 0 Å². The van der Waals surface area contributed by atoms with Crippen LogP contribution in [0, 0.1) is 0 Å². The number of rotatable bonds is 2. The number of hydrogen-bond donors (Lipinski definition) is 0. The zero-order chi connectivity index (χ0) is 16.0. The van der Waals surface area contributed by atoms with E-state index in [0.29, 0.717) is 10.6 Å². The van der Waals surface area contributed by atoms with E-state index in [0.717, 1.165) is 11.6 Å². The lowest BCUT2D eigenvalue weighted by atomic mass is 9.93. The Morgan fingerprint density at radius 1 is 1.24 bits per heavy atom. The van der Waals surface area contributed by atoms with E-state index in [1.54, 1.807) is 12.1 Å². The molecule has 1 aliphatic rings. The summed E-state index contributed by atoms with van der Waals surface area (Å²) in [5, 5.41) is 0.475. The van der Waals surface area contributed by atoms with Crippen LogP contribution < -0.4 is 4.74 Å². The van der Waals surface area contributed by atoms with Crippen LogP contribution in [0.3, 0.4) is 0 Å². The van der Waals surface area contributed by atoms with Crippen LogP contribution in [0.15, 0.2) is 18.2 Å². The minimum absolute atomic E-state index is 0.00707. The third-order valence-corrected chi connectivity index (χ3v) is 4.28. The van der Waals surface area contributed by atoms with E-state index in [1.807, 2.05) is 13.8 Å². The quantitative estimate of drug-likeness (QED) is 0.628. The van der Waals surface area contributed by atoms with E-state index >= 15 is 0 Å². The van der Waals surface area contributed by atoms with E-state index in [9.17, 15) is 13.2 Å². The van der Waals surface area contributed by atoms with Gasteiger partial charge in [-0.15, -0.1) is 0 Å². The monoisotopic (exact) mass is 338 g/mol. The van der Waals surface area contributed by atoms with Gasteiger partial charge in [-0.1, -0.05) is 44.0 Å². The SMILES string of the molecule is CCC1(C(F)(F)F)C=C(Cl)c2cc(Cl)c(C(C)C)cc2O1. The standard InChI is InChI=1S/C15H15Cl2F3O/c1-4-14(15(18,19)20)7-12(17)10-5-11(16)9(8(2)3)6-13(10)21-14/h5-8H,4H2,1-3H3. The first kappa shape index (κ1) is 16.5. The molecule has 1 nitrogen and oxygen atoms in total. The van der Waals surface area contributed by atoms with Gasteiger partial charge in [-0.25, -0.2) is 0 Å². The van der Waals surface area contributed by atoms with Crippen molar-refractivity contribution in [2.75, 3.05) is 0 Å². The van der Waals surface area contributed by atoms with Crippen LogP contribution in [-0.4, -0.2) is 11.8 Å². The van der Waals surface area contributed by atoms with Crippen molar-refractivity contribution in [2.24, 2.45) is 0 Å². The fraction of sp³-hybridized carbons (Fsp3) is 0.467. The van der Waals surface area contributed by atoms with Gasteiger partial charge < -0.3 is 4.74 Å². The summed E-state index contributed by atoms with van der Waals surface area (Å²) in [5.74, 6) is 0.188. The van der Waals surface area contributed by atoms with Crippen molar-refractivity contribution in [1.29, 1.82) is 0 Å². The fourth-order valence-corrected chi connectivity index (χ4v) is 3.01. The second kappa shape index (κ2) is 5.40. The minimum Gasteiger partial charge on any atom is -0.473 e. The van der Waals surface area contributed by atoms with Crippen molar-refractivity contribution in [3.63, 3.8) is 0 Å². The molecule has 0 N–H and O–H groups in total. The molecule has 0 saturated heterocycles. The van der Waals surface area contributed by atoms with Crippen LogP contribution in [0.4, 0.5) is 13.2 Å². The van der Waals surface area contributed by atoms with Crippen LogP contribution >= 0.6 is 23.2 Å². The van der Waals surface area contributed by atoms with Crippen LogP contribution in [0.5, 0.6) is 5.75 Å². The molecule has 1 heterocycles. The molecule has 116 valence electrons. The van der Waals surface area contributed by atoms with Crippen molar-refractivity contribution in [3.05, 3.63) is 34.4 Å². The maximum atomic E-state index is 13.3. The maximum absolute atomic E-state index is 13.3. The van der Waals surface area contributed by atoms with Gasteiger partial charge in [-0.2, -0.15) is 13.2 Å². The molecule has 1 aromatic rings. The maximum Gasteiger partial charge on any atom is 0.432 e. The van der Waals surface area contributed by atoms with Crippen LogP contribution in [0.25, 0.3) is 5.03 Å². The number of benzene rings is 1. The molecule has 2 rings (SSSR count). The Labute approximate surface area is 131 Å². The Morgan fingerprint density at radius 3 is 2.33 bits per heavy atom. The smallest absolute Gasteiger partial charge is 0.432 e. The minimum atomic E-state index is -4.54. The number of fused-ring (bicyclic) bond motifs is 1. The van der Waals surface area contributed by atoms with Crippen LogP contribution in [0.2, 0.25) is 5.02 Å². The van der Waals surface area contributed by atoms with Crippen molar-refractivity contribution >= 4 is 28.2 Å². The normalized spacial score (nSPS) is 21.9. The molecular formula is C15H15Cl2F3O. The topological polar surface area (TPSA) is 9.23 Å². The van der Waals surface area contributed by atoms with Crippen molar-refractivity contribution in [1.82, 2.24) is 0 Å². The first-order chi connectivity index (χ1) is 9.61. The molecule has 0 fully saturated rings. The average Bonchev–Trinajstić information content (AvgIpc) is 2.37. The summed E-state index contributed by atoms with van der Waals surface area (Å²) in [4.78, 5) is 0. The van der Waals surface area contributed by atoms with Gasteiger partial charge in [0.2, 0.25) is 5.60 Å². The predicted molar refractivity (Wildman–Crippen MR) is 79.1 cm³/mol. The van der Waals surface area contributed by atoms with Gasteiger partial charge in [0.25, 0.3) is 0 Å². The van der Waals surface area contributed by atoms with Crippen molar-refractivity contribution in [3.8, 4) is 5.75 Å². The molecule has 0 aromatic heterocycles. The third-order valence-electron chi connectivity index (χ3n) is 3.64.